The van der Waals surface area contributed by atoms with Crippen LogP contribution < -0.4 is 24.8 Å². The molecular formula is C46H54Cl2Zr. The first-order valence-corrected chi connectivity index (χ1v) is 24.4. The van der Waals surface area contributed by atoms with Crippen LogP contribution in [0, 0.1) is 10.8 Å². The predicted octanol–water partition coefficient (Wildman–Crippen LogP) is 7.95. The average molecular weight is 769 g/mol. The van der Waals surface area contributed by atoms with Gasteiger partial charge in [0.25, 0.3) is 0 Å². The van der Waals surface area contributed by atoms with Crippen LogP contribution in [0.5, 0.6) is 0 Å². The molecule has 0 spiro atoms. The molecule has 4 aromatic carbocycles. The minimum atomic E-state index is -2.91. The van der Waals surface area contributed by atoms with Gasteiger partial charge in [-0.15, -0.1) is 0 Å². The molecule has 1 saturated heterocycles. The van der Waals surface area contributed by atoms with Crippen LogP contribution in [0.1, 0.15) is 122 Å². The summed E-state index contributed by atoms with van der Waals surface area (Å²) in [6.07, 6.45) is 5.32. The summed E-state index contributed by atoms with van der Waals surface area (Å²) in [4.78, 5) is 0. The van der Waals surface area contributed by atoms with E-state index in [2.05, 4.69) is 166 Å². The molecule has 2 atom stereocenters. The van der Waals surface area contributed by atoms with E-state index >= 15 is 0 Å². The molecule has 256 valence electrons. The number of benzene rings is 4. The summed E-state index contributed by atoms with van der Waals surface area (Å²) in [5.74, 6) is 1.09. The van der Waals surface area contributed by atoms with E-state index in [1.165, 1.54) is 52.8 Å². The second-order valence-corrected chi connectivity index (χ2v) is 28.8. The Morgan fingerprint density at radius 1 is 0.510 bits per heavy atom. The molecule has 1 aliphatic heterocycles. The van der Waals surface area contributed by atoms with Gasteiger partial charge in [0.1, 0.15) is 0 Å². The van der Waals surface area contributed by atoms with Crippen molar-refractivity contribution in [3.8, 4) is 22.3 Å². The van der Waals surface area contributed by atoms with E-state index in [1.54, 1.807) is 22.3 Å². The Hall–Kier alpha value is -2.18. The van der Waals surface area contributed by atoms with Crippen LogP contribution >= 0.6 is 0 Å². The fourth-order valence-corrected chi connectivity index (χ4v) is 27.3. The molecule has 49 heavy (non-hydrogen) atoms. The molecule has 0 amide bonds. The number of halogens is 2. The Bertz CT molecular complexity index is 1750. The molecule has 4 aromatic rings. The maximum absolute atomic E-state index is 2.91. The second kappa shape index (κ2) is 13.8. The molecule has 0 radical (unpaired) electrons. The molecule has 0 bridgehead atoms. The summed E-state index contributed by atoms with van der Waals surface area (Å²) in [6.45, 7) is 24.0. The van der Waals surface area contributed by atoms with Crippen molar-refractivity contribution in [2.75, 3.05) is 0 Å². The summed E-state index contributed by atoms with van der Waals surface area (Å²) in [5, 5.41) is 0. The normalized spacial score (nSPS) is 18.4. The van der Waals surface area contributed by atoms with Crippen molar-refractivity contribution in [2.45, 2.75) is 96.6 Å². The molecule has 2 aliphatic carbocycles. The molecule has 0 saturated carbocycles. The quantitative estimate of drug-likeness (QED) is 0.187. The maximum atomic E-state index is 2.66. The number of allylic oxidation sites excluding steroid dienone is 2. The molecule has 7 rings (SSSR count). The van der Waals surface area contributed by atoms with E-state index < -0.39 is 20.3 Å². The van der Waals surface area contributed by atoms with Crippen LogP contribution in [-0.2, 0) is 20.3 Å². The molecule has 3 aliphatic rings. The van der Waals surface area contributed by atoms with Crippen LogP contribution in [0.3, 0.4) is 0 Å². The third-order valence-corrected chi connectivity index (χ3v) is 24.4. The van der Waals surface area contributed by atoms with Gasteiger partial charge >= 0.3 is 292 Å². The van der Waals surface area contributed by atoms with Gasteiger partial charge in [0, 0.05) is 0 Å². The molecule has 0 aromatic heterocycles. The van der Waals surface area contributed by atoms with E-state index in [-0.39, 0.29) is 35.6 Å². The third-order valence-electron chi connectivity index (χ3n) is 11.6. The SMILES string of the molecule is CC(C)c1ccc(-c2cccc3c2C=C(C(C)(C)C)[CH]3[Zr+2]2([CH]3C(C(C)(C)C)=Cc4c(-c5ccc(C(C)C)cc5)cccc43)[CH2][CH2]2)cc1.[Cl-].[Cl-]. The molecule has 1 fully saturated rings. The molecule has 2 unspecified atom stereocenters. The van der Waals surface area contributed by atoms with E-state index in [1.807, 2.05) is 0 Å². The smallest absolute Gasteiger partial charge is 1.00 e. The van der Waals surface area contributed by atoms with Gasteiger partial charge in [-0.2, -0.15) is 0 Å². The summed E-state index contributed by atoms with van der Waals surface area (Å²) < 4.78 is 4.18. The van der Waals surface area contributed by atoms with Crippen molar-refractivity contribution >= 4 is 12.2 Å². The molecule has 3 heteroatoms. The van der Waals surface area contributed by atoms with Gasteiger partial charge in [0.15, 0.2) is 0 Å². The van der Waals surface area contributed by atoms with Gasteiger partial charge in [-0.05, 0) is 0 Å². The van der Waals surface area contributed by atoms with Gasteiger partial charge in [-0.3, -0.25) is 0 Å². The fraction of sp³-hybridized carbons (Fsp3) is 0.391. The van der Waals surface area contributed by atoms with Crippen molar-refractivity contribution < 1.29 is 45.1 Å². The first-order chi connectivity index (χ1) is 22.2. The first-order valence-electron chi connectivity index (χ1n) is 18.1. The van der Waals surface area contributed by atoms with Crippen LogP contribution in [0.4, 0.5) is 0 Å². The zero-order valence-electron chi connectivity index (χ0n) is 31.2. The van der Waals surface area contributed by atoms with Crippen LogP contribution in [-0.4, -0.2) is 0 Å². The summed E-state index contributed by atoms with van der Waals surface area (Å²) >= 11 is -2.91. The van der Waals surface area contributed by atoms with Crippen LogP contribution in [0.25, 0.3) is 34.4 Å². The minimum Gasteiger partial charge on any atom is -1.00 e. The van der Waals surface area contributed by atoms with E-state index in [0.717, 1.165) is 0 Å². The zero-order valence-corrected chi connectivity index (χ0v) is 35.2. The largest absolute Gasteiger partial charge is 1.00 e. The Morgan fingerprint density at radius 3 is 1.14 bits per heavy atom. The molecule has 1 heterocycles. The van der Waals surface area contributed by atoms with E-state index in [4.69, 9.17) is 0 Å². The van der Waals surface area contributed by atoms with Crippen LogP contribution in [0.2, 0.25) is 8.26 Å². The second-order valence-electron chi connectivity index (χ2n) is 17.5. The maximum Gasteiger partial charge on any atom is -1.00 e. The van der Waals surface area contributed by atoms with Crippen LogP contribution in [0.15, 0.2) is 96.1 Å². The molecule has 0 N–H and O–H groups in total. The van der Waals surface area contributed by atoms with Crippen molar-refractivity contribution in [1.29, 1.82) is 0 Å². The fourth-order valence-electron chi connectivity index (χ4n) is 8.83. The number of hydrogen-bond acceptors (Lipinski definition) is 0. The van der Waals surface area contributed by atoms with E-state index in [9.17, 15) is 0 Å². The van der Waals surface area contributed by atoms with Gasteiger partial charge < -0.3 is 24.8 Å². The van der Waals surface area contributed by atoms with Gasteiger partial charge in [-0.1, -0.05) is 0 Å². The third kappa shape index (κ3) is 6.67. The van der Waals surface area contributed by atoms with Gasteiger partial charge in [0.05, 0.1) is 0 Å². The van der Waals surface area contributed by atoms with E-state index in [0.29, 0.717) is 19.1 Å². The van der Waals surface area contributed by atoms with Crippen molar-refractivity contribution in [3.63, 3.8) is 0 Å². The Labute approximate surface area is 314 Å². The monoisotopic (exact) mass is 766 g/mol. The number of hydrogen-bond donors (Lipinski definition) is 0. The average Bonchev–Trinajstić information content (AvgIpc) is 3.52. The zero-order chi connectivity index (χ0) is 33.5. The molecular weight excluding hydrogens is 715 g/mol. The molecule has 0 nitrogen and oxygen atoms in total. The minimum absolute atomic E-state index is 0. The Morgan fingerprint density at radius 2 is 0.857 bits per heavy atom. The summed E-state index contributed by atoms with van der Waals surface area (Å²) in [7, 11) is 0. The summed E-state index contributed by atoms with van der Waals surface area (Å²) in [6, 6.07) is 33.3. The standard InChI is InChI=1S/2C22H25.C2H4.2ClH.Zr/c2*1-15(2)16-9-11-17(12-10-16)20-8-6-7-18-13-19(14-21(18)20)22(3,4)5;1-2;;;/h2*6-15H,1-5H3;1-2H2;2*1H;/q;;;;;+2/p-2. The number of fused-ring (bicyclic) bond motifs is 2. The summed E-state index contributed by atoms with van der Waals surface area (Å²) in [5.41, 5.74) is 18.3. The number of rotatable bonds is 6. The van der Waals surface area contributed by atoms with Crippen molar-refractivity contribution in [1.82, 2.24) is 0 Å². The topological polar surface area (TPSA) is 0 Å². The Balaban J connectivity index is 0.00000234. The first kappa shape index (κ1) is 38.1. The predicted molar refractivity (Wildman–Crippen MR) is 202 cm³/mol. The van der Waals surface area contributed by atoms with Gasteiger partial charge in [-0.25, -0.2) is 0 Å². The van der Waals surface area contributed by atoms with Crippen molar-refractivity contribution in [2.24, 2.45) is 10.8 Å². The van der Waals surface area contributed by atoms with Gasteiger partial charge in [0.2, 0.25) is 0 Å². The van der Waals surface area contributed by atoms with Crippen molar-refractivity contribution in [3.05, 3.63) is 129 Å². The Kier molecular flexibility index (Phi) is 10.7.